The Balaban J connectivity index is 2.16. The first-order valence-corrected chi connectivity index (χ1v) is 6.56. The molecule has 0 aliphatic rings. The quantitative estimate of drug-likeness (QED) is 0.913. The summed E-state index contributed by atoms with van der Waals surface area (Å²) in [5, 5.41) is 0. The van der Waals surface area contributed by atoms with Gasteiger partial charge >= 0.3 is 0 Å². The molecule has 0 saturated heterocycles. The van der Waals surface area contributed by atoms with Crippen LogP contribution in [0.25, 0.3) is 0 Å². The molecule has 1 aromatic carbocycles. The first-order chi connectivity index (χ1) is 9.08. The molecule has 0 bridgehead atoms. The molecule has 0 unspecified atom stereocenters. The Morgan fingerprint density at radius 2 is 1.84 bits per heavy atom. The molecule has 0 aliphatic carbocycles. The van der Waals surface area contributed by atoms with E-state index in [2.05, 4.69) is 47.3 Å². The van der Waals surface area contributed by atoms with Crippen molar-refractivity contribution in [2.45, 2.75) is 26.4 Å². The van der Waals surface area contributed by atoms with E-state index in [0.717, 1.165) is 23.6 Å². The van der Waals surface area contributed by atoms with E-state index in [9.17, 15) is 0 Å². The summed E-state index contributed by atoms with van der Waals surface area (Å²) in [6, 6.07) is 14.5. The first-order valence-electron chi connectivity index (χ1n) is 6.56. The number of pyridine rings is 1. The summed E-state index contributed by atoms with van der Waals surface area (Å²) in [6.07, 6.45) is 0. The van der Waals surface area contributed by atoms with Crippen LogP contribution in [0.1, 0.15) is 29.8 Å². The Morgan fingerprint density at radius 3 is 2.42 bits per heavy atom. The van der Waals surface area contributed by atoms with Gasteiger partial charge in [-0.2, -0.15) is 0 Å². The highest BCUT2D eigenvalue weighted by Gasteiger charge is 2.08. The molecular formula is C16H21N3. The Labute approximate surface area is 115 Å². The van der Waals surface area contributed by atoms with Crippen LogP contribution in [0.2, 0.25) is 0 Å². The van der Waals surface area contributed by atoms with Gasteiger partial charge < -0.3 is 10.6 Å². The van der Waals surface area contributed by atoms with Crippen molar-refractivity contribution in [3.63, 3.8) is 0 Å². The molecule has 1 heterocycles. The molecule has 3 nitrogen and oxygen atoms in total. The Kier molecular flexibility index (Phi) is 4.17. The number of anilines is 1. The fourth-order valence-corrected chi connectivity index (χ4v) is 2.19. The third-order valence-corrected chi connectivity index (χ3v) is 3.26. The highest BCUT2D eigenvalue weighted by atomic mass is 15.2. The zero-order valence-corrected chi connectivity index (χ0v) is 11.8. The maximum Gasteiger partial charge on any atom is 0.128 e. The van der Waals surface area contributed by atoms with Crippen molar-refractivity contribution in [3.05, 3.63) is 59.3 Å². The van der Waals surface area contributed by atoms with Crippen LogP contribution in [0.15, 0.2) is 42.5 Å². The summed E-state index contributed by atoms with van der Waals surface area (Å²) in [6.45, 7) is 4.85. The number of aryl methyl sites for hydroxylation is 1. The van der Waals surface area contributed by atoms with Crippen LogP contribution >= 0.6 is 0 Å². The molecule has 2 rings (SSSR count). The monoisotopic (exact) mass is 255 g/mol. The second kappa shape index (κ2) is 5.85. The molecule has 0 spiro atoms. The Hall–Kier alpha value is -1.87. The van der Waals surface area contributed by atoms with Gasteiger partial charge in [-0.25, -0.2) is 4.98 Å². The van der Waals surface area contributed by atoms with Gasteiger partial charge in [0.2, 0.25) is 0 Å². The predicted molar refractivity (Wildman–Crippen MR) is 80.1 cm³/mol. The van der Waals surface area contributed by atoms with Crippen molar-refractivity contribution in [2.24, 2.45) is 5.73 Å². The molecule has 0 aliphatic heterocycles. The van der Waals surface area contributed by atoms with Crippen LogP contribution in [0, 0.1) is 6.92 Å². The minimum atomic E-state index is 0.0287. The lowest BCUT2D eigenvalue weighted by Crippen LogP contribution is -2.18. The summed E-state index contributed by atoms with van der Waals surface area (Å²) in [5.41, 5.74) is 9.30. The third-order valence-electron chi connectivity index (χ3n) is 3.26. The Bertz CT molecular complexity index is 535. The molecule has 2 aromatic rings. The fraction of sp³-hybridized carbons (Fsp3) is 0.312. The maximum atomic E-state index is 5.91. The normalized spacial score (nSPS) is 12.2. The van der Waals surface area contributed by atoms with Crippen molar-refractivity contribution in [3.8, 4) is 0 Å². The number of rotatable bonds is 4. The van der Waals surface area contributed by atoms with Crippen molar-refractivity contribution in [1.29, 1.82) is 0 Å². The van der Waals surface area contributed by atoms with E-state index in [1.54, 1.807) is 0 Å². The highest BCUT2D eigenvalue weighted by molar-refractivity contribution is 5.42. The van der Waals surface area contributed by atoms with Gasteiger partial charge in [-0.15, -0.1) is 0 Å². The number of aromatic nitrogens is 1. The molecule has 0 radical (unpaired) electrons. The number of hydrogen-bond acceptors (Lipinski definition) is 3. The smallest absolute Gasteiger partial charge is 0.128 e. The van der Waals surface area contributed by atoms with E-state index in [4.69, 9.17) is 5.73 Å². The van der Waals surface area contributed by atoms with Gasteiger partial charge in [-0.05, 0) is 31.0 Å². The second-order valence-electron chi connectivity index (χ2n) is 4.97. The maximum absolute atomic E-state index is 5.91. The van der Waals surface area contributed by atoms with Gasteiger partial charge in [0.25, 0.3) is 0 Å². The average molecular weight is 255 g/mol. The molecule has 100 valence electrons. The average Bonchev–Trinajstić information content (AvgIpc) is 2.39. The summed E-state index contributed by atoms with van der Waals surface area (Å²) in [5.74, 6) is 0.978. The van der Waals surface area contributed by atoms with Crippen molar-refractivity contribution in [1.82, 2.24) is 4.98 Å². The van der Waals surface area contributed by atoms with E-state index in [1.807, 2.05) is 26.0 Å². The third kappa shape index (κ3) is 3.32. The van der Waals surface area contributed by atoms with E-state index >= 15 is 0 Å². The van der Waals surface area contributed by atoms with E-state index < -0.39 is 0 Å². The minimum Gasteiger partial charge on any atom is -0.355 e. The fourth-order valence-electron chi connectivity index (χ4n) is 2.19. The predicted octanol–water partition coefficient (Wildman–Crippen LogP) is 3.05. The van der Waals surface area contributed by atoms with Gasteiger partial charge in [0, 0.05) is 25.3 Å². The van der Waals surface area contributed by atoms with Crippen molar-refractivity contribution >= 4 is 5.82 Å². The van der Waals surface area contributed by atoms with E-state index in [1.165, 1.54) is 5.56 Å². The van der Waals surface area contributed by atoms with Crippen LogP contribution in [-0.4, -0.2) is 12.0 Å². The minimum absolute atomic E-state index is 0.0287. The molecule has 3 heteroatoms. The standard InChI is InChI=1S/C16H21N3/c1-12(17)15-9-10-16(18-13(15)2)19(3)11-14-7-5-4-6-8-14/h4-10,12H,11,17H2,1-3H3/t12-/m0/s1. The number of nitrogens with zero attached hydrogens (tertiary/aromatic N) is 2. The van der Waals surface area contributed by atoms with Gasteiger partial charge in [-0.3, -0.25) is 0 Å². The molecule has 0 saturated carbocycles. The lowest BCUT2D eigenvalue weighted by Gasteiger charge is -2.20. The molecule has 19 heavy (non-hydrogen) atoms. The topological polar surface area (TPSA) is 42.2 Å². The first kappa shape index (κ1) is 13.6. The molecule has 1 atom stereocenters. The summed E-state index contributed by atoms with van der Waals surface area (Å²) in [4.78, 5) is 6.78. The Morgan fingerprint density at radius 1 is 1.16 bits per heavy atom. The largest absolute Gasteiger partial charge is 0.355 e. The van der Waals surface area contributed by atoms with Crippen molar-refractivity contribution in [2.75, 3.05) is 11.9 Å². The highest BCUT2D eigenvalue weighted by Crippen LogP contribution is 2.19. The molecule has 2 N–H and O–H groups in total. The molecule has 0 amide bonds. The van der Waals surface area contributed by atoms with Crippen LogP contribution in [0.3, 0.4) is 0 Å². The van der Waals surface area contributed by atoms with E-state index in [-0.39, 0.29) is 6.04 Å². The molecular weight excluding hydrogens is 234 g/mol. The lowest BCUT2D eigenvalue weighted by molar-refractivity contribution is 0.794. The van der Waals surface area contributed by atoms with Crippen molar-refractivity contribution < 1.29 is 0 Å². The van der Waals surface area contributed by atoms with Crippen LogP contribution in [0.5, 0.6) is 0 Å². The lowest BCUT2D eigenvalue weighted by atomic mass is 10.1. The number of benzene rings is 1. The van der Waals surface area contributed by atoms with Crippen LogP contribution < -0.4 is 10.6 Å². The molecule has 0 fully saturated rings. The SMILES string of the molecule is Cc1nc(N(C)Cc2ccccc2)ccc1[C@H](C)N. The number of hydrogen-bond donors (Lipinski definition) is 1. The second-order valence-corrected chi connectivity index (χ2v) is 4.97. The summed E-state index contributed by atoms with van der Waals surface area (Å²) in [7, 11) is 2.06. The van der Waals surface area contributed by atoms with Crippen LogP contribution in [-0.2, 0) is 6.54 Å². The zero-order chi connectivity index (χ0) is 13.8. The number of nitrogens with two attached hydrogens (primary N) is 1. The zero-order valence-electron chi connectivity index (χ0n) is 11.8. The summed E-state index contributed by atoms with van der Waals surface area (Å²) < 4.78 is 0. The van der Waals surface area contributed by atoms with Crippen LogP contribution in [0.4, 0.5) is 5.82 Å². The van der Waals surface area contributed by atoms with Gasteiger partial charge in [0.1, 0.15) is 5.82 Å². The molecule has 1 aromatic heterocycles. The van der Waals surface area contributed by atoms with Gasteiger partial charge in [0.15, 0.2) is 0 Å². The summed E-state index contributed by atoms with van der Waals surface area (Å²) >= 11 is 0. The van der Waals surface area contributed by atoms with Gasteiger partial charge in [-0.1, -0.05) is 36.4 Å². The van der Waals surface area contributed by atoms with Gasteiger partial charge in [0.05, 0.1) is 0 Å². The van der Waals surface area contributed by atoms with E-state index in [0.29, 0.717) is 0 Å².